The summed E-state index contributed by atoms with van der Waals surface area (Å²) in [4.78, 5) is 0. The van der Waals surface area contributed by atoms with Gasteiger partial charge in [0.25, 0.3) is 0 Å². The van der Waals surface area contributed by atoms with Crippen LogP contribution in [-0.4, -0.2) is 11.0 Å². The molecule has 0 aliphatic carbocycles. The van der Waals surface area contributed by atoms with Crippen molar-refractivity contribution >= 4 is 5.84 Å². The summed E-state index contributed by atoms with van der Waals surface area (Å²) in [5, 5.41) is 10.2. The highest BCUT2D eigenvalue weighted by molar-refractivity contribution is 5.94. The Balaban J connectivity index is 2.93. The van der Waals surface area contributed by atoms with Crippen LogP contribution in [0.5, 0.6) is 0 Å². The molecular weight excluding hydrogens is 106 g/mol. The van der Waals surface area contributed by atoms with Crippen LogP contribution < -0.4 is 5.73 Å². The van der Waals surface area contributed by atoms with E-state index < -0.39 is 0 Å². The van der Waals surface area contributed by atoms with Gasteiger partial charge in [-0.15, -0.1) is 0 Å². The molecule has 0 aliphatic heterocycles. The number of nitrogens with one attached hydrogen (secondary N) is 1. The first-order valence-electron chi connectivity index (χ1n) is 2.04. The summed E-state index contributed by atoms with van der Waals surface area (Å²) in [5.41, 5.74) is 5.56. The molecule has 1 rings (SSSR count). The van der Waals surface area contributed by atoms with Crippen LogP contribution in [-0.2, 0) is 0 Å². The maximum absolute atomic E-state index is 6.83. The van der Waals surface area contributed by atoms with Crippen LogP contribution in [0.1, 0.15) is 5.56 Å². The van der Waals surface area contributed by atoms with Crippen LogP contribution in [0.25, 0.3) is 0 Å². The van der Waals surface area contributed by atoms with Gasteiger partial charge in [0.2, 0.25) is 0 Å². The second kappa shape index (κ2) is 1.65. The minimum atomic E-state index is -0.0220. The van der Waals surface area contributed by atoms with Crippen molar-refractivity contribution in [1.29, 1.82) is 5.41 Å². The molecule has 0 radical (unpaired) electrons. The number of nitrogen functional groups attached to an aromatic ring is 1. The van der Waals surface area contributed by atoms with Crippen molar-refractivity contribution < 1.29 is 4.52 Å². The highest BCUT2D eigenvalue weighted by atomic mass is 16.5. The molecule has 0 aromatic carbocycles. The molecule has 0 spiro atoms. The van der Waals surface area contributed by atoms with Crippen LogP contribution in [0.15, 0.2) is 17.0 Å². The van der Waals surface area contributed by atoms with Gasteiger partial charge in [0.05, 0.1) is 11.8 Å². The first-order valence-corrected chi connectivity index (χ1v) is 2.04. The maximum Gasteiger partial charge on any atom is 0.134 e. The Morgan fingerprint density at radius 1 is 1.88 bits per heavy atom. The van der Waals surface area contributed by atoms with Crippen LogP contribution >= 0.6 is 0 Å². The third-order valence-corrected chi connectivity index (χ3v) is 0.743. The van der Waals surface area contributed by atoms with E-state index >= 15 is 0 Å². The lowest BCUT2D eigenvalue weighted by Gasteiger charge is -1.82. The normalized spacial score (nSPS) is 9.00. The molecule has 0 unspecified atom stereocenters. The number of amidine groups is 1. The Morgan fingerprint density at radius 3 is 2.88 bits per heavy atom. The third kappa shape index (κ3) is 0.676. The van der Waals surface area contributed by atoms with E-state index in [0.29, 0.717) is 5.56 Å². The van der Waals surface area contributed by atoms with Gasteiger partial charge in [-0.3, -0.25) is 5.41 Å². The van der Waals surface area contributed by atoms with Gasteiger partial charge in [-0.25, -0.2) is 0 Å². The second-order valence-corrected chi connectivity index (χ2v) is 1.33. The van der Waals surface area contributed by atoms with Crippen LogP contribution in [0, 0.1) is 5.41 Å². The fourth-order valence-electron chi connectivity index (χ4n) is 0.338. The van der Waals surface area contributed by atoms with Crippen molar-refractivity contribution in [3.05, 3.63) is 18.0 Å². The average molecular weight is 111 g/mol. The first-order chi connectivity index (χ1) is 3.80. The lowest BCUT2D eigenvalue weighted by atomic mass is 10.3. The molecule has 0 saturated carbocycles. The van der Waals surface area contributed by atoms with Gasteiger partial charge < -0.3 is 10.3 Å². The van der Waals surface area contributed by atoms with E-state index in [-0.39, 0.29) is 5.84 Å². The third-order valence-electron chi connectivity index (χ3n) is 0.743. The average Bonchev–Trinajstić information content (AvgIpc) is 2.12. The molecule has 0 atom stereocenters. The Morgan fingerprint density at radius 2 is 2.62 bits per heavy atom. The summed E-state index contributed by atoms with van der Waals surface area (Å²) in [6, 6.07) is 0. The molecule has 0 fully saturated rings. The van der Waals surface area contributed by atoms with Gasteiger partial charge in [0.15, 0.2) is 0 Å². The van der Waals surface area contributed by atoms with Crippen LogP contribution in [0.3, 0.4) is 0 Å². The number of rotatable bonds is 1. The van der Waals surface area contributed by atoms with Crippen molar-refractivity contribution in [2.75, 3.05) is 0 Å². The molecule has 1 aromatic heterocycles. The molecule has 4 nitrogen and oxygen atoms in total. The summed E-state index contributed by atoms with van der Waals surface area (Å²) in [5.74, 6) is -0.0220. The second-order valence-electron chi connectivity index (χ2n) is 1.33. The van der Waals surface area contributed by atoms with E-state index in [4.69, 9.17) is 11.1 Å². The minimum Gasteiger partial charge on any atom is -0.384 e. The molecule has 8 heavy (non-hydrogen) atoms. The van der Waals surface area contributed by atoms with E-state index in [2.05, 4.69) is 9.68 Å². The number of nitrogens with zero attached hydrogens (tertiary/aromatic N) is 1. The maximum atomic E-state index is 6.83. The fourth-order valence-corrected chi connectivity index (χ4v) is 0.338. The largest absolute Gasteiger partial charge is 0.384 e. The molecule has 4 heteroatoms. The van der Waals surface area contributed by atoms with Crippen LogP contribution in [0.4, 0.5) is 0 Å². The van der Waals surface area contributed by atoms with Crippen molar-refractivity contribution in [2.24, 2.45) is 5.73 Å². The Labute approximate surface area is 45.8 Å². The Bertz CT molecular complexity index is 179. The molecule has 3 N–H and O–H groups in total. The monoisotopic (exact) mass is 111 g/mol. The Kier molecular flexibility index (Phi) is 0.997. The summed E-state index contributed by atoms with van der Waals surface area (Å²) in [6.07, 6.45) is 2.71. The van der Waals surface area contributed by atoms with E-state index in [1.54, 1.807) is 0 Å². The molecule has 0 amide bonds. The van der Waals surface area contributed by atoms with E-state index in [9.17, 15) is 0 Å². The number of aromatic nitrogens is 1. The summed E-state index contributed by atoms with van der Waals surface area (Å²) in [6.45, 7) is 0. The number of hydrogen-bond donors (Lipinski definition) is 2. The first kappa shape index (κ1) is 4.83. The molecule has 0 aliphatic rings. The summed E-state index contributed by atoms with van der Waals surface area (Å²) < 4.78 is 4.40. The number of nitrogens with two attached hydrogens (primary N) is 1. The van der Waals surface area contributed by atoms with Gasteiger partial charge in [0.1, 0.15) is 12.1 Å². The van der Waals surface area contributed by atoms with Crippen molar-refractivity contribution in [3.8, 4) is 0 Å². The smallest absolute Gasteiger partial charge is 0.134 e. The zero-order valence-electron chi connectivity index (χ0n) is 4.09. The molecule has 0 saturated heterocycles. The van der Waals surface area contributed by atoms with Gasteiger partial charge in [-0.2, -0.15) is 0 Å². The minimum absolute atomic E-state index is 0.0220. The zero-order valence-corrected chi connectivity index (χ0v) is 4.09. The van der Waals surface area contributed by atoms with Gasteiger partial charge >= 0.3 is 0 Å². The zero-order chi connectivity index (χ0) is 5.98. The molecule has 1 aromatic rings. The van der Waals surface area contributed by atoms with Gasteiger partial charge in [-0.05, 0) is 0 Å². The molecule has 1 heterocycles. The molecule has 42 valence electrons. The highest BCUT2D eigenvalue weighted by Gasteiger charge is 1.94. The SMILES string of the molecule is N=C(N)c1cnoc1. The predicted octanol–water partition coefficient (Wildman–Crippen LogP) is -0.0413. The Hall–Kier alpha value is -1.32. The quantitative estimate of drug-likeness (QED) is 0.394. The van der Waals surface area contributed by atoms with E-state index in [1.807, 2.05) is 0 Å². The van der Waals surface area contributed by atoms with Gasteiger partial charge in [-0.1, -0.05) is 5.16 Å². The highest BCUT2D eigenvalue weighted by Crippen LogP contribution is 1.91. The summed E-state index contributed by atoms with van der Waals surface area (Å²) in [7, 11) is 0. The number of hydrogen-bond acceptors (Lipinski definition) is 3. The van der Waals surface area contributed by atoms with E-state index in [0.717, 1.165) is 0 Å². The summed E-state index contributed by atoms with van der Waals surface area (Å²) >= 11 is 0. The van der Waals surface area contributed by atoms with Crippen LogP contribution in [0.2, 0.25) is 0 Å². The van der Waals surface area contributed by atoms with Crippen molar-refractivity contribution in [2.45, 2.75) is 0 Å². The predicted molar refractivity (Wildman–Crippen MR) is 27.5 cm³/mol. The molecular formula is C4H5N3O. The lowest BCUT2D eigenvalue weighted by molar-refractivity contribution is 0.419. The lowest BCUT2D eigenvalue weighted by Crippen LogP contribution is -2.09. The fraction of sp³-hybridized carbons (Fsp3) is 0. The van der Waals surface area contributed by atoms with E-state index in [1.165, 1.54) is 12.5 Å². The van der Waals surface area contributed by atoms with Crippen molar-refractivity contribution in [3.63, 3.8) is 0 Å². The molecule has 0 bridgehead atoms. The van der Waals surface area contributed by atoms with Gasteiger partial charge in [0, 0.05) is 0 Å². The van der Waals surface area contributed by atoms with Crippen molar-refractivity contribution in [1.82, 2.24) is 5.16 Å². The standard InChI is InChI=1S/C4H5N3O/c5-4(6)3-1-7-8-2-3/h1-2H,(H3,5,6). The topological polar surface area (TPSA) is 75.9 Å².